The molecule has 1 fully saturated rings. The molecule has 2 aliphatic rings. The molecule has 216 valence electrons. The van der Waals surface area contributed by atoms with E-state index in [0.717, 1.165) is 49.1 Å². The number of amides is 2. The highest BCUT2D eigenvalue weighted by molar-refractivity contribution is 6.30. The summed E-state index contributed by atoms with van der Waals surface area (Å²) in [5.41, 5.74) is 1.41. The van der Waals surface area contributed by atoms with Crippen molar-refractivity contribution in [3.63, 3.8) is 0 Å². The second-order valence-electron chi connectivity index (χ2n) is 10.2. The molecule has 1 saturated heterocycles. The molecule has 0 radical (unpaired) electrons. The Balaban J connectivity index is 1.59. The van der Waals surface area contributed by atoms with Crippen LogP contribution < -0.4 is 20.5 Å². The van der Waals surface area contributed by atoms with Gasteiger partial charge in [0.1, 0.15) is 29.1 Å². The van der Waals surface area contributed by atoms with Crippen molar-refractivity contribution in [2.75, 3.05) is 32.3 Å². The van der Waals surface area contributed by atoms with Crippen LogP contribution in [0.1, 0.15) is 45.9 Å². The molecule has 41 heavy (non-hydrogen) atoms. The number of fused-ring (bicyclic) bond motifs is 1. The van der Waals surface area contributed by atoms with Crippen LogP contribution in [0.2, 0.25) is 5.02 Å². The van der Waals surface area contributed by atoms with Gasteiger partial charge in [0.2, 0.25) is 5.91 Å². The maximum Gasteiger partial charge on any atom is 0.274 e. The molecule has 0 spiro atoms. The third kappa shape index (κ3) is 5.58. The molecule has 3 aromatic rings. The normalized spacial score (nSPS) is 18.4. The Kier molecular flexibility index (Phi) is 8.42. The topological polar surface area (TPSA) is 89.9 Å². The zero-order valence-corrected chi connectivity index (χ0v) is 23.5. The number of ether oxygens (including phenoxy) is 2. The Morgan fingerprint density at radius 2 is 1.73 bits per heavy atom. The zero-order chi connectivity index (χ0) is 29.3. The largest absolute Gasteiger partial charge is 0.497 e. The first-order valence-electron chi connectivity index (χ1n) is 13.4. The standard InChI is InChI=1S/C30H30ClF2N3O5/c1-40-12-11-35-24-6-4-3-5-18(24)13-25(29(35)38)36-16-21(26-22(32)14-20(41-2)15-23(26)33)27(30(36)39)34-28(37)17-7-9-19(31)10-8-17/h7-10,13-15,21,27H,3-6,11-12,16H2,1-2H3,(H,34,37)/t21-,27-/m0/s1. The number of halogens is 3. The number of pyridine rings is 1. The number of hydrogen-bond donors (Lipinski definition) is 1. The molecule has 1 N–H and O–H groups in total. The van der Waals surface area contributed by atoms with Crippen molar-refractivity contribution in [2.45, 2.75) is 44.2 Å². The van der Waals surface area contributed by atoms with Gasteiger partial charge in [-0.3, -0.25) is 14.4 Å². The predicted octanol–water partition coefficient (Wildman–Crippen LogP) is 4.24. The predicted molar refractivity (Wildman–Crippen MR) is 150 cm³/mol. The van der Waals surface area contributed by atoms with Gasteiger partial charge < -0.3 is 24.3 Å². The molecular weight excluding hydrogens is 556 g/mol. The summed E-state index contributed by atoms with van der Waals surface area (Å²) in [6.45, 7) is 0.382. The smallest absolute Gasteiger partial charge is 0.274 e. The molecule has 0 saturated carbocycles. The number of aromatic nitrogens is 1. The van der Waals surface area contributed by atoms with Crippen LogP contribution in [0.15, 0.2) is 47.3 Å². The van der Waals surface area contributed by atoms with E-state index in [1.54, 1.807) is 17.7 Å². The van der Waals surface area contributed by atoms with Crippen molar-refractivity contribution < 1.29 is 27.8 Å². The summed E-state index contributed by atoms with van der Waals surface area (Å²) in [5.74, 6) is -4.26. The molecule has 8 nitrogen and oxygen atoms in total. The highest BCUT2D eigenvalue weighted by Gasteiger charge is 2.46. The van der Waals surface area contributed by atoms with Crippen molar-refractivity contribution in [3.05, 3.63) is 91.9 Å². The average Bonchev–Trinajstić information content (AvgIpc) is 3.27. The van der Waals surface area contributed by atoms with Crippen molar-refractivity contribution in [1.29, 1.82) is 0 Å². The number of aryl methyl sites for hydroxylation is 1. The summed E-state index contributed by atoms with van der Waals surface area (Å²) < 4.78 is 42.5. The quantitative estimate of drug-likeness (QED) is 0.427. The fourth-order valence-corrected chi connectivity index (χ4v) is 5.83. The SMILES string of the molecule is COCCn1c2c(cc(N3C[C@@H](c4c(F)cc(OC)cc4F)[C@H](NC(=O)c4ccc(Cl)cc4)C3=O)c1=O)CCCC2. The van der Waals surface area contributed by atoms with Crippen LogP contribution in [0, 0.1) is 11.6 Å². The van der Waals surface area contributed by atoms with E-state index in [-0.39, 0.29) is 29.1 Å². The minimum Gasteiger partial charge on any atom is -0.497 e. The zero-order valence-electron chi connectivity index (χ0n) is 22.7. The molecule has 0 bridgehead atoms. The number of rotatable bonds is 8. The molecule has 5 rings (SSSR count). The number of nitrogens with one attached hydrogen (secondary N) is 1. The van der Waals surface area contributed by atoms with E-state index in [4.69, 9.17) is 21.1 Å². The van der Waals surface area contributed by atoms with E-state index >= 15 is 8.78 Å². The number of carbonyl (C=O) groups excluding carboxylic acids is 2. The van der Waals surface area contributed by atoms with E-state index < -0.39 is 41.0 Å². The van der Waals surface area contributed by atoms with Gasteiger partial charge in [-0.05, 0) is 61.6 Å². The van der Waals surface area contributed by atoms with Crippen molar-refractivity contribution in [3.8, 4) is 5.75 Å². The Morgan fingerprint density at radius 3 is 2.39 bits per heavy atom. The van der Waals surface area contributed by atoms with E-state index in [9.17, 15) is 14.4 Å². The van der Waals surface area contributed by atoms with E-state index in [1.807, 2.05) is 0 Å². The Morgan fingerprint density at radius 1 is 1.05 bits per heavy atom. The number of carbonyl (C=O) groups is 2. The fourth-order valence-electron chi connectivity index (χ4n) is 5.70. The van der Waals surface area contributed by atoms with Gasteiger partial charge >= 0.3 is 0 Å². The van der Waals surface area contributed by atoms with Crippen molar-refractivity contribution >= 4 is 29.1 Å². The maximum absolute atomic E-state index is 15.3. The average molecular weight is 586 g/mol. The van der Waals surface area contributed by atoms with Crippen LogP contribution in [-0.2, 0) is 28.9 Å². The monoisotopic (exact) mass is 585 g/mol. The number of benzene rings is 2. The van der Waals surface area contributed by atoms with E-state index in [0.29, 0.717) is 18.2 Å². The summed E-state index contributed by atoms with van der Waals surface area (Å²) in [4.78, 5) is 42.1. The van der Waals surface area contributed by atoms with Gasteiger partial charge in [0.25, 0.3) is 11.5 Å². The number of anilines is 1. The number of hydrogen-bond acceptors (Lipinski definition) is 5. The second-order valence-corrected chi connectivity index (χ2v) is 10.6. The molecule has 2 amide bonds. The van der Waals surface area contributed by atoms with E-state index in [1.165, 1.54) is 36.3 Å². The molecule has 1 aromatic heterocycles. The van der Waals surface area contributed by atoms with Gasteiger partial charge in [-0.25, -0.2) is 8.78 Å². The third-order valence-corrected chi connectivity index (χ3v) is 8.01. The molecule has 0 unspecified atom stereocenters. The minimum absolute atomic E-state index is 0.0256. The Hall–Kier alpha value is -3.76. The summed E-state index contributed by atoms with van der Waals surface area (Å²) in [6.07, 6.45) is 3.35. The first-order chi connectivity index (χ1) is 19.7. The van der Waals surface area contributed by atoms with Crippen molar-refractivity contribution in [1.82, 2.24) is 9.88 Å². The minimum atomic E-state index is -1.35. The van der Waals surface area contributed by atoms with Crippen LogP contribution in [0.5, 0.6) is 5.75 Å². The summed E-state index contributed by atoms with van der Waals surface area (Å²) in [5, 5.41) is 3.08. The summed E-state index contributed by atoms with van der Waals surface area (Å²) in [7, 11) is 2.83. The molecule has 1 aliphatic heterocycles. The fraction of sp³-hybridized carbons (Fsp3) is 0.367. The van der Waals surface area contributed by atoms with Crippen LogP contribution in [0.25, 0.3) is 0 Å². The highest BCUT2D eigenvalue weighted by atomic mass is 35.5. The highest BCUT2D eigenvalue weighted by Crippen LogP contribution is 2.37. The lowest BCUT2D eigenvalue weighted by Crippen LogP contribution is -2.45. The molecular formula is C30H30ClF2N3O5. The van der Waals surface area contributed by atoms with Gasteiger partial charge in [0.15, 0.2) is 0 Å². The summed E-state index contributed by atoms with van der Waals surface area (Å²) >= 11 is 5.94. The van der Waals surface area contributed by atoms with Crippen LogP contribution in [0.3, 0.4) is 0 Å². The molecule has 2 atom stereocenters. The van der Waals surface area contributed by atoms with Gasteiger partial charge in [-0.2, -0.15) is 0 Å². The Bertz CT molecular complexity index is 1520. The first kappa shape index (κ1) is 28.8. The van der Waals surface area contributed by atoms with Crippen molar-refractivity contribution in [2.24, 2.45) is 0 Å². The molecule has 11 heteroatoms. The van der Waals surface area contributed by atoms with Gasteiger partial charge in [0, 0.05) is 60.1 Å². The second kappa shape index (κ2) is 12.0. The lowest BCUT2D eigenvalue weighted by atomic mass is 9.92. The van der Waals surface area contributed by atoms with Gasteiger partial charge in [-0.1, -0.05) is 11.6 Å². The van der Waals surface area contributed by atoms with Crippen LogP contribution >= 0.6 is 11.6 Å². The van der Waals surface area contributed by atoms with Gasteiger partial charge in [-0.15, -0.1) is 0 Å². The molecule has 2 heterocycles. The van der Waals surface area contributed by atoms with Crippen LogP contribution in [0.4, 0.5) is 14.5 Å². The number of methoxy groups -OCH3 is 2. The Labute approximate surface area is 240 Å². The molecule has 2 aromatic carbocycles. The molecule has 1 aliphatic carbocycles. The lowest BCUT2D eigenvalue weighted by Gasteiger charge is -2.25. The lowest BCUT2D eigenvalue weighted by molar-refractivity contribution is -0.118. The van der Waals surface area contributed by atoms with E-state index in [2.05, 4.69) is 5.32 Å². The number of nitrogens with zero attached hydrogens (tertiary/aromatic N) is 2. The maximum atomic E-state index is 15.3. The summed E-state index contributed by atoms with van der Waals surface area (Å²) in [6, 6.07) is 8.43. The first-order valence-corrected chi connectivity index (χ1v) is 13.8. The van der Waals surface area contributed by atoms with Crippen LogP contribution in [-0.4, -0.2) is 49.8 Å². The third-order valence-electron chi connectivity index (χ3n) is 7.76. The van der Waals surface area contributed by atoms with Gasteiger partial charge in [0.05, 0.1) is 13.7 Å².